The first kappa shape index (κ1) is 15.3. The molecule has 2 aromatic rings. The van der Waals surface area contributed by atoms with Gasteiger partial charge >= 0.3 is 0 Å². The third kappa shape index (κ3) is 3.95. The van der Waals surface area contributed by atoms with E-state index in [2.05, 4.69) is 43.3 Å². The van der Waals surface area contributed by atoms with Crippen LogP contribution < -0.4 is 0 Å². The second-order valence-corrected chi connectivity index (χ2v) is 5.47. The van der Waals surface area contributed by atoms with Crippen LogP contribution in [-0.4, -0.2) is 0 Å². The molecule has 0 amide bonds. The molecule has 1 aliphatic carbocycles. The van der Waals surface area contributed by atoms with Crippen LogP contribution in [0.2, 0.25) is 0 Å². The van der Waals surface area contributed by atoms with Crippen molar-refractivity contribution in [3.63, 3.8) is 0 Å². The normalized spacial score (nSPS) is 13.0. The summed E-state index contributed by atoms with van der Waals surface area (Å²) in [7, 11) is 0. The lowest BCUT2D eigenvalue weighted by molar-refractivity contribution is 1.11. The number of nitrogens with zero attached hydrogens (tertiary/aromatic N) is 1. The molecule has 0 aliphatic heterocycles. The Morgan fingerprint density at radius 1 is 1.05 bits per heavy atom. The average molecular weight is 277 g/mol. The van der Waals surface area contributed by atoms with Crippen molar-refractivity contribution in [3.05, 3.63) is 70.3 Å². The highest BCUT2D eigenvalue weighted by Crippen LogP contribution is 2.39. The number of aryl methyl sites for hydroxylation is 1. The van der Waals surface area contributed by atoms with E-state index in [0.717, 1.165) is 23.5 Å². The van der Waals surface area contributed by atoms with Crippen molar-refractivity contribution in [2.75, 3.05) is 0 Å². The third-order valence-corrected chi connectivity index (χ3v) is 3.80. The lowest BCUT2D eigenvalue weighted by Gasteiger charge is -2.07. The van der Waals surface area contributed by atoms with Crippen LogP contribution in [0.5, 0.6) is 0 Å². The molecule has 0 N–H and O–H groups in total. The van der Waals surface area contributed by atoms with Crippen LogP contribution in [0, 0.1) is 18.3 Å². The molecule has 0 atom stereocenters. The van der Waals surface area contributed by atoms with Gasteiger partial charge in [0.25, 0.3) is 0 Å². The van der Waals surface area contributed by atoms with Gasteiger partial charge in [0.05, 0.1) is 11.6 Å². The van der Waals surface area contributed by atoms with Crippen molar-refractivity contribution in [3.8, 4) is 6.07 Å². The molecule has 1 aliphatic rings. The molecule has 3 rings (SSSR count). The van der Waals surface area contributed by atoms with Crippen molar-refractivity contribution in [2.24, 2.45) is 0 Å². The quantitative estimate of drug-likeness (QED) is 0.740. The van der Waals surface area contributed by atoms with Gasteiger partial charge < -0.3 is 0 Å². The second-order valence-electron chi connectivity index (χ2n) is 5.47. The van der Waals surface area contributed by atoms with E-state index in [4.69, 9.17) is 5.26 Å². The van der Waals surface area contributed by atoms with E-state index < -0.39 is 0 Å². The van der Waals surface area contributed by atoms with E-state index in [9.17, 15) is 0 Å². The van der Waals surface area contributed by atoms with E-state index in [1.54, 1.807) is 0 Å². The first-order valence-corrected chi connectivity index (χ1v) is 7.85. The minimum absolute atomic E-state index is 0.789. The second kappa shape index (κ2) is 7.09. The summed E-state index contributed by atoms with van der Waals surface area (Å²) in [6.07, 6.45) is 3.53. The molecule has 0 saturated heterocycles. The lowest BCUT2D eigenvalue weighted by atomic mass is 9.97. The molecule has 21 heavy (non-hydrogen) atoms. The summed E-state index contributed by atoms with van der Waals surface area (Å²) in [5.41, 5.74) is 5.88. The Morgan fingerprint density at radius 2 is 1.71 bits per heavy atom. The van der Waals surface area contributed by atoms with Gasteiger partial charge in [-0.2, -0.15) is 5.26 Å². The fraction of sp³-hybridized carbons (Fsp3) is 0.350. The molecule has 1 fully saturated rings. The van der Waals surface area contributed by atoms with Crippen LogP contribution in [0.25, 0.3) is 0 Å². The van der Waals surface area contributed by atoms with Crippen LogP contribution in [-0.2, 0) is 6.42 Å². The molecule has 108 valence electrons. The molecule has 0 unspecified atom stereocenters. The van der Waals surface area contributed by atoms with Gasteiger partial charge in [-0.05, 0) is 54.9 Å². The first-order chi connectivity index (χ1) is 10.3. The van der Waals surface area contributed by atoms with E-state index >= 15 is 0 Å². The van der Waals surface area contributed by atoms with Crippen LogP contribution in [0.4, 0.5) is 0 Å². The van der Waals surface area contributed by atoms with E-state index in [0.29, 0.717) is 0 Å². The van der Waals surface area contributed by atoms with E-state index in [1.807, 2.05) is 26.0 Å². The maximum atomic E-state index is 9.16. The molecule has 1 nitrogen and oxygen atoms in total. The summed E-state index contributed by atoms with van der Waals surface area (Å²) in [6.45, 7) is 6.07. The van der Waals surface area contributed by atoms with Gasteiger partial charge in [0.1, 0.15) is 0 Å². The lowest BCUT2D eigenvalue weighted by Crippen LogP contribution is -1.94. The topological polar surface area (TPSA) is 23.8 Å². The SMILES string of the molecule is CC.Cc1ccc(C#N)c(Cc2ccc(C3CC3)cc2)c1. The minimum Gasteiger partial charge on any atom is -0.192 e. The molecule has 0 radical (unpaired) electrons. The number of hydrogen-bond acceptors (Lipinski definition) is 1. The third-order valence-electron chi connectivity index (χ3n) is 3.80. The fourth-order valence-electron chi connectivity index (χ4n) is 2.52. The highest BCUT2D eigenvalue weighted by molar-refractivity contribution is 5.43. The molecular weight excluding hydrogens is 254 g/mol. The Kier molecular flexibility index (Phi) is 5.17. The van der Waals surface area contributed by atoms with Gasteiger partial charge in [0.2, 0.25) is 0 Å². The summed E-state index contributed by atoms with van der Waals surface area (Å²) in [5.74, 6) is 0.808. The zero-order valence-corrected chi connectivity index (χ0v) is 13.2. The monoisotopic (exact) mass is 277 g/mol. The highest BCUT2D eigenvalue weighted by atomic mass is 14.3. The van der Waals surface area contributed by atoms with Gasteiger partial charge in [-0.3, -0.25) is 0 Å². The summed E-state index contributed by atoms with van der Waals surface area (Å²) in [6, 6.07) is 17.2. The number of rotatable bonds is 3. The molecule has 2 aromatic carbocycles. The molecule has 1 heteroatoms. The zero-order chi connectivity index (χ0) is 15.2. The summed E-state index contributed by atoms with van der Waals surface area (Å²) >= 11 is 0. The van der Waals surface area contributed by atoms with Crippen molar-refractivity contribution in [1.82, 2.24) is 0 Å². The summed E-state index contributed by atoms with van der Waals surface area (Å²) in [5, 5.41) is 9.16. The van der Waals surface area contributed by atoms with Crippen molar-refractivity contribution >= 4 is 0 Å². The van der Waals surface area contributed by atoms with Gasteiger partial charge in [0, 0.05) is 0 Å². The smallest absolute Gasteiger partial charge is 0.0994 e. The van der Waals surface area contributed by atoms with Crippen LogP contribution in [0.1, 0.15) is 60.4 Å². The van der Waals surface area contributed by atoms with E-state index in [1.165, 1.54) is 29.5 Å². The molecule has 0 heterocycles. The molecule has 0 spiro atoms. The van der Waals surface area contributed by atoms with Crippen molar-refractivity contribution in [2.45, 2.75) is 46.0 Å². The molecule has 0 aromatic heterocycles. The molecular formula is C20H23N. The Labute approximate surface area is 128 Å². The van der Waals surface area contributed by atoms with Crippen LogP contribution >= 0.6 is 0 Å². The van der Waals surface area contributed by atoms with Crippen LogP contribution in [0.3, 0.4) is 0 Å². The average Bonchev–Trinajstić information content (AvgIpc) is 3.35. The Bertz CT molecular complexity index is 628. The number of benzene rings is 2. The van der Waals surface area contributed by atoms with Gasteiger partial charge in [-0.15, -0.1) is 0 Å². The molecule has 1 saturated carbocycles. The Morgan fingerprint density at radius 3 is 2.29 bits per heavy atom. The first-order valence-electron chi connectivity index (χ1n) is 7.85. The highest BCUT2D eigenvalue weighted by Gasteiger charge is 2.22. The van der Waals surface area contributed by atoms with Crippen molar-refractivity contribution < 1.29 is 0 Å². The fourth-order valence-corrected chi connectivity index (χ4v) is 2.52. The predicted octanol–water partition coefficient (Wildman–Crippen LogP) is 5.36. The summed E-state index contributed by atoms with van der Waals surface area (Å²) < 4.78 is 0. The largest absolute Gasteiger partial charge is 0.192 e. The Hall–Kier alpha value is -2.07. The predicted molar refractivity (Wildman–Crippen MR) is 88.5 cm³/mol. The van der Waals surface area contributed by atoms with Gasteiger partial charge in [0.15, 0.2) is 0 Å². The van der Waals surface area contributed by atoms with Crippen LogP contribution in [0.15, 0.2) is 42.5 Å². The standard InChI is InChI=1S/C18H17N.C2H6/c1-13-2-5-17(12-19)18(10-13)11-14-3-6-15(7-4-14)16-8-9-16;1-2/h2-7,10,16H,8-9,11H2,1H3;1-2H3. The zero-order valence-electron chi connectivity index (χ0n) is 13.2. The van der Waals surface area contributed by atoms with Crippen molar-refractivity contribution in [1.29, 1.82) is 5.26 Å². The maximum absolute atomic E-state index is 9.16. The number of nitriles is 1. The molecule has 0 bridgehead atoms. The number of hydrogen-bond donors (Lipinski definition) is 0. The van der Waals surface area contributed by atoms with Gasteiger partial charge in [-0.1, -0.05) is 55.8 Å². The summed E-state index contributed by atoms with van der Waals surface area (Å²) in [4.78, 5) is 0. The van der Waals surface area contributed by atoms with Gasteiger partial charge in [-0.25, -0.2) is 0 Å². The minimum atomic E-state index is 0.789. The van der Waals surface area contributed by atoms with E-state index in [-0.39, 0.29) is 0 Å². The maximum Gasteiger partial charge on any atom is 0.0994 e. The Balaban J connectivity index is 0.000000774.